The molecule has 3 atom stereocenters. The minimum Gasteiger partial charge on any atom is -0.392 e. The Labute approximate surface area is 236 Å². The third-order valence-electron chi connectivity index (χ3n) is 7.17. The number of hydrogen-bond acceptors (Lipinski definition) is 5. The summed E-state index contributed by atoms with van der Waals surface area (Å²) in [4.78, 5) is 14.7. The minimum atomic E-state index is -0.514. The molecule has 5 rings (SSSR count). The van der Waals surface area contributed by atoms with Gasteiger partial charge in [0.1, 0.15) is 0 Å². The van der Waals surface area contributed by atoms with Crippen molar-refractivity contribution in [2.75, 3.05) is 13.6 Å². The van der Waals surface area contributed by atoms with Gasteiger partial charge in [0.2, 0.25) is 0 Å². The Morgan fingerprint density at radius 1 is 0.800 bits per heavy atom. The lowest BCUT2D eigenvalue weighted by atomic mass is 9.99. The molecule has 2 N–H and O–H groups in total. The zero-order chi connectivity index (χ0) is 27.7. The fourth-order valence-electron chi connectivity index (χ4n) is 5.01. The topological polar surface area (TPSA) is 71.0 Å². The van der Waals surface area contributed by atoms with E-state index in [2.05, 4.69) is 41.5 Å². The largest absolute Gasteiger partial charge is 0.392 e. The van der Waals surface area contributed by atoms with Gasteiger partial charge in [0.15, 0.2) is 6.29 Å². The van der Waals surface area contributed by atoms with Crippen LogP contribution in [0.1, 0.15) is 57.0 Å². The number of nitrogens with one attached hydrogen (secondary N) is 1. The molecular formula is C34H36N2O4. The van der Waals surface area contributed by atoms with Crippen LogP contribution in [0.4, 0.5) is 0 Å². The second-order valence-electron chi connectivity index (χ2n) is 10.3. The molecule has 206 valence electrons. The summed E-state index contributed by atoms with van der Waals surface area (Å²) in [6, 6.07) is 35.6. The number of carbonyl (C=O) groups is 1. The molecule has 4 aromatic rings. The third kappa shape index (κ3) is 7.43. The third-order valence-corrected chi connectivity index (χ3v) is 7.17. The number of aliphatic hydroxyl groups excluding tert-OH is 1. The molecule has 1 heterocycles. The minimum absolute atomic E-state index is 0.0165. The van der Waals surface area contributed by atoms with Crippen molar-refractivity contribution in [3.05, 3.63) is 143 Å². The number of nitrogens with zero attached hydrogens (tertiary/aromatic N) is 1. The van der Waals surface area contributed by atoms with E-state index >= 15 is 0 Å². The zero-order valence-corrected chi connectivity index (χ0v) is 22.8. The highest BCUT2D eigenvalue weighted by molar-refractivity contribution is 5.94. The number of carbonyl (C=O) groups excluding carboxylic acids is 1. The maximum atomic E-state index is 12.4. The molecule has 1 saturated heterocycles. The number of aliphatic hydroxyl groups is 1. The summed E-state index contributed by atoms with van der Waals surface area (Å²) in [5.41, 5.74) is 5.79. The van der Waals surface area contributed by atoms with Crippen molar-refractivity contribution in [2.45, 2.75) is 44.6 Å². The number of likely N-dealkylation sites (N-methyl/N-ethyl adjacent to an activating group) is 1. The number of hydrogen-bond donors (Lipinski definition) is 2. The van der Waals surface area contributed by atoms with Gasteiger partial charge in [-0.15, -0.1) is 0 Å². The summed E-state index contributed by atoms with van der Waals surface area (Å²) in [6.45, 7) is 2.06. The highest BCUT2D eigenvalue weighted by Gasteiger charge is 2.32. The molecule has 1 amide bonds. The molecule has 1 fully saturated rings. The molecule has 3 unspecified atom stereocenters. The molecule has 1 aliphatic rings. The van der Waals surface area contributed by atoms with Crippen LogP contribution in [-0.4, -0.2) is 35.6 Å². The highest BCUT2D eigenvalue weighted by Crippen LogP contribution is 2.38. The van der Waals surface area contributed by atoms with Gasteiger partial charge in [-0.1, -0.05) is 97.1 Å². The normalized spacial score (nSPS) is 18.9. The van der Waals surface area contributed by atoms with Gasteiger partial charge in [-0.3, -0.25) is 9.69 Å². The number of amides is 1. The molecule has 4 aromatic carbocycles. The van der Waals surface area contributed by atoms with Crippen molar-refractivity contribution in [3.8, 4) is 0 Å². The van der Waals surface area contributed by atoms with Crippen molar-refractivity contribution < 1.29 is 19.4 Å². The summed E-state index contributed by atoms with van der Waals surface area (Å²) < 4.78 is 13.0. The summed E-state index contributed by atoms with van der Waals surface area (Å²) in [7, 11) is 2.12. The predicted molar refractivity (Wildman–Crippen MR) is 155 cm³/mol. The zero-order valence-electron chi connectivity index (χ0n) is 22.8. The van der Waals surface area contributed by atoms with E-state index in [1.165, 1.54) is 5.56 Å². The molecule has 0 radical (unpaired) electrons. The van der Waals surface area contributed by atoms with E-state index in [4.69, 9.17) is 9.47 Å². The first-order valence-corrected chi connectivity index (χ1v) is 13.7. The van der Waals surface area contributed by atoms with Crippen LogP contribution in [0, 0.1) is 0 Å². The van der Waals surface area contributed by atoms with E-state index in [0.717, 1.165) is 41.8 Å². The maximum Gasteiger partial charge on any atom is 0.251 e. The standard InChI is InChI=1S/C34H36N2O4/c1-36(22-26-8-4-2-5-9-26)23-31-20-32(28-16-14-27(24-37)15-17-28)40-34(39-31)30-18-12-25(13-19-30)21-35-33(38)29-10-6-3-7-11-29/h2-19,31-32,34,37H,20-24H2,1H3,(H,35,38). The van der Waals surface area contributed by atoms with Crippen LogP contribution in [0.5, 0.6) is 0 Å². The van der Waals surface area contributed by atoms with Crippen LogP contribution in [0.25, 0.3) is 0 Å². The smallest absolute Gasteiger partial charge is 0.251 e. The molecular weight excluding hydrogens is 500 g/mol. The van der Waals surface area contributed by atoms with Crippen LogP contribution >= 0.6 is 0 Å². The van der Waals surface area contributed by atoms with Crippen molar-refractivity contribution >= 4 is 5.91 Å². The van der Waals surface area contributed by atoms with Gasteiger partial charge < -0.3 is 19.9 Å². The molecule has 0 bridgehead atoms. The van der Waals surface area contributed by atoms with E-state index in [1.807, 2.05) is 72.8 Å². The maximum absolute atomic E-state index is 12.4. The average Bonchev–Trinajstić information content (AvgIpc) is 3.01. The Bertz CT molecular complexity index is 1340. The first-order valence-electron chi connectivity index (χ1n) is 13.7. The molecule has 6 nitrogen and oxygen atoms in total. The first kappa shape index (κ1) is 27.7. The fraction of sp³-hybridized carbons (Fsp3) is 0.265. The monoisotopic (exact) mass is 536 g/mol. The molecule has 0 aliphatic carbocycles. The van der Waals surface area contributed by atoms with E-state index in [-0.39, 0.29) is 24.7 Å². The second kappa shape index (κ2) is 13.5. The van der Waals surface area contributed by atoms with Crippen molar-refractivity contribution in [2.24, 2.45) is 0 Å². The molecule has 0 saturated carbocycles. The average molecular weight is 537 g/mol. The van der Waals surface area contributed by atoms with Crippen LogP contribution in [0.2, 0.25) is 0 Å². The van der Waals surface area contributed by atoms with Gasteiger partial charge in [-0.2, -0.15) is 0 Å². The predicted octanol–water partition coefficient (Wildman–Crippen LogP) is 5.79. The highest BCUT2D eigenvalue weighted by atomic mass is 16.7. The lowest BCUT2D eigenvalue weighted by Crippen LogP contribution is -2.37. The van der Waals surface area contributed by atoms with Gasteiger partial charge >= 0.3 is 0 Å². The SMILES string of the molecule is CN(Cc1ccccc1)CC1CC(c2ccc(CO)cc2)OC(c2ccc(CNC(=O)c3ccccc3)cc2)O1. The Morgan fingerprint density at radius 2 is 1.43 bits per heavy atom. The molecule has 0 aromatic heterocycles. The van der Waals surface area contributed by atoms with Crippen molar-refractivity contribution in [1.82, 2.24) is 10.2 Å². The Balaban J connectivity index is 1.27. The van der Waals surface area contributed by atoms with Crippen LogP contribution in [0.15, 0.2) is 109 Å². The van der Waals surface area contributed by atoms with E-state index in [1.54, 1.807) is 12.1 Å². The van der Waals surface area contributed by atoms with Gasteiger partial charge in [-0.05, 0) is 41.4 Å². The van der Waals surface area contributed by atoms with Gasteiger partial charge in [0.25, 0.3) is 5.91 Å². The van der Waals surface area contributed by atoms with Crippen LogP contribution < -0.4 is 5.32 Å². The molecule has 0 spiro atoms. The molecule has 40 heavy (non-hydrogen) atoms. The Kier molecular flexibility index (Phi) is 9.37. The van der Waals surface area contributed by atoms with Crippen molar-refractivity contribution in [1.29, 1.82) is 0 Å². The van der Waals surface area contributed by atoms with E-state index in [0.29, 0.717) is 12.1 Å². The lowest BCUT2D eigenvalue weighted by Gasteiger charge is -2.38. The lowest BCUT2D eigenvalue weighted by molar-refractivity contribution is -0.252. The molecule has 6 heteroatoms. The number of rotatable bonds is 10. The summed E-state index contributed by atoms with van der Waals surface area (Å²) >= 11 is 0. The first-order chi connectivity index (χ1) is 19.6. The number of ether oxygens (including phenoxy) is 2. The van der Waals surface area contributed by atoms with E-state index < -0.39 is 6.29 Å². The Morgan fingerprint density at radius 3 is 2.10 bits per heavy atom. The van der Waals surface area contributed by atoms with E-state index in [9.17, 15) is 9.90 Å². The summed E-state index contributed by atoms with van der Waals surface area (Å²) in [5.74, 6) is -0.0962. The summed E-state index contributed by atoms with van der Waals surface area (Å²) in [6.07, 6.45) is 0.0585. The molecule has 1 aliphatic heterocycles. The number of benzene rings is 4. The van der Waals surface area contributed by atoms with Gasteiger partial charge in [0.05, 0.1) is 18.8 Å². The Hall–Kier alpha value is -3.81. The van der Waals surface area contributed by atoms with Gasteiger partial charge in [-0.25, -0.2) is 0 Å². The fourth-order valence-corrected chi connectivity index (χ4v) is 5.01. The van der Waals surface area contributed by atoms with Crippen molar-refractivity contribution in [3.63, 3.8) is 0 Å². The quantitative estimate of drug-likeness (QED) is 0.269. The van der Waals surface area contributed by atoms with Gasteiger partial charge in [0, 0.05) is 37.2 Å². The van der Waals surface area contributed by atoms with Crippen LogP contribution in [-0.2, 0) is 29.2 Å². The second-order valence-corrected chi connectivity index (χ2v) is 10.3. The van der Waals surface area contributed by atoms with Crippen LogP contribution in [0.3, 0.4) is 0 Å². The summed E-state index contributed by atoms with van der Waals surface area (Å²) in [5, 5.41) is 12.4.